The molecule has 1 aromatic heterocycles. The van der Waals surface area contributed by atoms with Gasteiger partial charge < -0.3 is 4.90 Å². The summed E-state index contributed by atoms with van der Waals surface area (Å²) in [6, 6.07) is 13.7. The van der Waals surface area contributed by atoms with Crippen molar-refractivity contribution in [2.45, 2.75) is 6.92 Å². The number of amides is 1. The second-order valence-electron chi connectivity index (χ2n) is 5.07. The fourth-order valence-corrected chi connectivity index (χ4v) is 2.14. The smallest absolute Gasteiger partial charge is 0.274 e. The van der Waals surface area contributed by atoms with Crippen LogP contribution in [0.5, 0.6) is 0 Å². The van der Waals surface area contributed by atoms with Crippen LogP contribution in [0.1, 0.15) is 32.0 Å². The number of ketones is 1. The van der Waals surface area contributed by atoms with Crippen molar-refractivity contribution in [3.63, 3.8) is 0 Å². The van der Waals surface area contributed by atoms with E-state index < -0.39 is 5.91 Å². The molecule has 2 aromatic rings. The molecular weight excluding hydrogens is 304 g/mol. The molecule has 0 aliphatic carbocycles. The minimum atomic E-state index is -0.617. The summed E-state index contributed by atoms with van der Waals surface area (Å²) in [4.78, 5) is 30.3. The van der Waals surface area contributed by atoms with E-state index in [0.29, 0.717) is 5.56 Å². The molecule has 0 radical (unpaired) electrons. The number of carbonyl (C=O) groups is 2. The third kappa shape index (κ3) is 3.63. The van der Waals surface area contributed by atoms with E-state index >= 15 is 0 Å². The van der Waals surface area contributed by atoms with Gasteiger partial charge in [-0.05, 0) is 19.1 Å². The number of pyridine rings is 1. The van der Waals surface area contributed by atoms with Crippen LogP contribution in [0.2, 0.25) is 0 Å². The lowest BCUT2D eigenvalue weighted by atomic mass is 10.0. The summed E-state index contributed by atoms with van der Waals surface area (Å²) in [6.45, 7) is 1.41. The number of nitrogens with zero attached hydrogens (tertiary/aromatic N) is 4. The van der Waals surface area contributed by atoms with Crippen LogP contribution in [0.25, 0.3) is 0 Å². The summed E-state index contributed by atoms with van der Waals surface area (Å²) < 4.78 is 0. The first-order valence-electron chi connectivity index (χ1n) is 7.18. The van der Waals surface area contributed by atoms with Crippen molar-refractivity contribution in [3.8, 4) is 12.1 Å². The summed E-state index contributed by atoms with van der Waals surface area (Å²) in [5, 5.41) is 17.6. The molecule has 0 aliphatic rings. The van der Waals surface area contributed by atoms with Gasteiger partial charge in [-0.15, -0.1) is 0 Å². The summed E-state index contributed by atoms with van der Waals surface area (Å²) in [6.07, 6.45) is 1.40. The molecule has 2 rings (SSSR count). The standard InChI is InChI=1S/C18H14N4O2/c1-13-4-6-14(7-5-13)17(23)15-3-2-10-21-16(15)18(24)22(11-8-19)12-9-20/h2-7,10H,11-12H2,1H3. The highest BCUT2D eigenvalue weighted by Gasteiger charge is 2.23. The third-order valence-electron chi connectivity index (χ3n) is 3.38. The Kier molecular flexibility index (Phi) is 5.38. The molecule has 1 heterocycles. The van der Waals surface area contributed by atoms with E-state index in [1.807, 2.05) is 31.2 Å². The first-order chi connectivity index (χ1) is 11.6. The van der Waals surface area contributed by atoms with Gasteiger partial charge in [0.1, 0.15) is 18.8 Å². The molecule has 0 saturated heterocycles. The van der Waals surface area contributed by atoms with Crippen LogP contribution >= 0.6 is 0 Å². The summed E-state index contributed by atoms with van der Waals surface area (Å²) >= 11 is 0. The zero-order valence-corrected chi connectivity index (χ0v) is 13.1. The van der Waals surface area contributed by atoms with Gasteiger partial charge in [-0.1, -0.05) is 29.8 Å². The monoisotopic (exact) mass is 318 g/mol. The van der Waals surface area contributed by atoms with E-state index in [9.17, 15) is 9.59 Å². The topological polar surface area (TPSA) is 97.8 Å². The van der Waals surface area contributed by atoms with Crippen LogP contribution in [0.4, 0.5) is 0 Å². The van der Waals surface area contributed by atoms with E-state index in [4.69, 9.17) is 10.5 Å². The largest absolute Gasteiger partial charge is 0.311 e. The number of aryl methyl sites for hydroxylation is 1. The van der Waals surface area contributed by atoms with Gasteiger partial charge >= 0.3 is 0 Å². The highest BCUT2D eigenvalue weighted by atomic mass is 16.2. The lowest BCUT2D eigenvalue weighted by Crippen LogP contribution is -2.33. The first-order valence-corrected chi connectivity index (χ1v) is 7.18. The zero-order valence-electron chi connectivity index (χ0n) is 13.1. The molecule has 0 unspecified atom stereocenters. The number of hydrogen-bond acceptors (Lipinski definition) is 5. The lowest BCUT2D eigenvalue weighted by Gasteiger charge is -2.16. The van der Waals surface area contributed by atoms with Gasteiger partial charge in [0.2, 0.25) is 0 Å². The molecule has 0 aliphatic heterocycles. The Labute approximate surface area is 139 Å². The molecule has 0 fully saturated rings. The highest BCUT2D eigenvalue weighted by molar-refractivity contribution is 6.14. The SMILES string of the molecule is Cc1ccc(C(=O)c2cccnc2C(=O)N(CC#N)CC#N)cc1. The minimum absolute atomic E-state index is 0.0615. The lowest BCUT2D eigenvalue weighted by molar-refractivity contribution is 0.0784. The Morgan fingerprint density at radius 1 is 1.08 bits per heavy atom. The molecule has 0 bridgehead atoms. The van der Waals surface area contributed by atoms with E-state index in [1.165, 1.54) is 12.3 Å². The van der Waals surface area contributed by atoms with Crippen molar-refractivity contribution in [2.75, 3.05) is 13.1 Å². The van der Waals surface area contributed by atoms with Crippen molar-refractivity contribution in [2.24, 2.45) is 0 Å². The molecule has 1 aromatic carbocycles. The molecule has 0 spiro atoms. The Hall–Kier alpha value is -3.51. The van der Waals surface area contributed by atoms with Crippen molar-refractivity contribution in [1.82, 2.24) is 9.88 Å². The number of rotatable bonds is 5. The third-order valence-corrected chi connectivity index (χ3v) is 3.38. The predicted molar refractivity (Wildman–Crippen MR) is 86.0 cm³/mol. The molecule has 118 valence electrons. The van der Waals surface area contributed by atoms with E-state index in [0.717, 1.165) is 10.5 Å². The second kappa shape index (κ2) is 7.66. The number of hydrogen-bond donors (Lipinski definition) is 0. The van der Waals surface area contributed by atoms with Crippen LogP contribution in [-0.4, -0.2) is 34.7 Å². The average molecular weight is 318 g/mol. The maximum absolute atomic E-state index is 12.7. The minimum Gasteiger partial charge on any atom is -0.311 e. The summed E-state index contributed by atoms with van der Waals surface area (Å²) in [5.74, 6) is -0.950. The van der Waals surface area contributed by atoms with E-state index in [-0.39, 0.29) is 30.1 Å². The van der Waals surface area contributed by atoms with Gasteiger partial charge in [0.15, 0.2) is 5.78 Å². The van der Waals surface area contributed by atoms with Crippen LogP contribution in [0, 0.1) is 29.6 Å². The van der Waals surface area contributed by atoms with Crippen LogP contribution in [-0.2, 0) is 0 Å². The summed E-state index contributed by atoms with van der Waals surface area (Å²) in [7, 11) is 0. The molecule has 0 N–H and O–H groups in total. The van der Waals surface area contributed by atoms with Crippen LogP contribution in [0.3, 0.4) is 0 Å². The Bertz CT molecular complexity index is 829. The fourth-order valence-electron chi connectivity index (χ4n) is 2.14. The maximum Gasteiger partial charge on any atom is 0.274 e. The van der Waals surface area contributed by atoms with Crippen molar-refractivity contribution < 1.29 is 9.59 Å². The van der Waals surface area contributed by atoms with Crippen molar-refractivity contribution in [1.29, 1.82) is 10.5 Å². The first kappa shape index (κ1) is 16.9. The normalized spacial score (nSPS) is 9.62. The maximum atomic E-state index is 12.7. The average Bonchev–Trinajstić information content (AvgIpc) is 2.61. The Morgan fingerprint density at radius 3 is 2.29 bits per heavy atom. The number of benzene rings is 1. The molecule has 6 heteroatoms. The Balaban J connectivity index is 2.42. The summed E-state index contributed by atoms with van der Waals surface area (Å²) in [5.41, 5.74) is 1.54. The van der Waals surface area contributed by atoms with Gasteiger partial charge in [-0.25, -0.2) is 0 Å². The Morgan fingerprint density at radius 2 is 1.71 bits per heavy atom. The van der Waals surface area contributed by atoms with Crippen LogP contribution < -0.4 is 0 Å². The molecule has 0 atom stereocenters. The van der Waals surface area contributed by atoms with Gasteiger partial charge in [-0.3, -0.25) is 14.6 Å². The number of nitriles is 2. The molecule has 0 saturated carbocycles. The zero-order chi connectivity index (χ0) is 17.5. The van der Waals surface area contributed by atoms with Gasteiger partial charge in [0, 0.05) is 11.8 Å². The van der Waals surface area contributed by atoms with Crippen molar-refractivity contribution in [3.05, 3.63) is 65.0 Å². The molecular formula is C18H14N4O2. The van der Waals surface area contributed by atoms with Crippen molar-refractivity contribution >= 4 is 11.7 Å². The molecule has 24 heavy (non-hydrogen) atoms. The quantitative estimate of drug-likeness (QED) is 0.621. The fraction of sp³-hybridized carbons (Fsp3) is 0.167. The predicted octanol–water partition coefficient (Wildman–Crippen LogP) is 2.11. The van der Waals surface area contributed by atoms with Gasteiger partial charge in [0.05, 0.1) is 17.7 Å². The molecule has 1 amide bonds. The van der Waals surface area contributed by atoms with Crippen LogP contribution in [0.15, 0.2) is 42.6 Å². The number of carbonyl (C=O) groups excluding carboxylic acids is 2. The van der Waals surface area contributed by atoms with E-state index in [1.54, 1.807) is 18.2 Å². The highest BCUT2D eigenvalue weighted by Crippen LogP contribution is 2.15. The van der Waals surface area contributed by atoms with Gasteiger partial charge in [-0.2, -0.15) is 10.5 Å². The van der Waals surface area contributed by atoms with Gasteiger partial charge in [0.25, 0.3) is 5.91 Å². The molecule has 6 nitrogen and oxygen atoms in total. The number of aromatic nitrogens is 1. The second-order valence-corrected chi connectivity index (χ2v) is 5.07. The van der Waals surface area contributed by atoms with E-state index in [2.05, 4.69) is 4.98 Å².